The minimum absolute atomic E-state index is 0.102. The van der Waals surface area contributed by atoms with Crippen molar-refractivity contribution >= 4 is 0 Å². The molecule has 2 aliphatic rings. The summed E-state index contributed by atoms with van der Waals surface area (Å²) in [7, 11) is 0. The normalized spacial score (nSPS) is 33.8. The third kappa shape index (κ3) is 2.36. The van der Waals surface area contributed by atoms with Gasteiger partial charge in [0, 0.05) is 18.0 Å². The van der Waals surface area contributed by atoms with Crippen LogP contribution in [0.4, 0.5) is 4.39 Å². The molecule has 2 nitrogen and oxygen atoms in total. The number of ether oxygens (including phenoxy) is 1. The fraction of sp³-hybridized carbons (Fsp3) is 0.625. The number of halogens is 1. The topological polar surface area (TPSA) is 35.2 Å². The van der Waals surface area contributed by atoms with Gasteiger partial charge in [0.15, 0.2) is 0 Å². The third-order valence-corrected chi connectivity index (χ3v) is 4.77. The van der Waals surface area contributed by atoms with E-state index in [9.17, 15) is 4.39 Å². The fourth-order valence-corrected chi connectivity index (χ4v) is 3.76. The number of rotatable bonds is 1. The monoisotopic (exact) mass is 263 g/mol. The Bertz CT molecular complexity index is 476. The molecule has 0 saturated heterocycles. The van der Waals surface area contributed by atoms with Gasteiger partial charge in [-0.15, -0.1) is 0 Å². The minimum atomic E-state index is -0.233. The SMILES string of the molecule is CCC1CCCC2(C1)C[C@@H](N)c1cc(F)ccc1O2. The Kier molecular flexibility index (Phi) is 3.25. The van der Waals surface area contributed by atoms with E-state index < -0.39 is 0 Å². The summed E-state index contributed by atoms with van der Waals surface area (Å²) in [6.07, 6.45) is 6.70. The van der Waals surface area contributed by atoms with Gasteiger partial charge in [0.25, 0.3) is 0 Å². The number of fused-ring (bicyclic) bond motifs is 1. The second-order valence-electron chi connectivity index (χ2n) is 6.15. The van der Waals surface area contributed by atoms with E-state index in [1.54, 1.807) is 6.07 Å². The third-order valence-electron chi connectivity index (χ3n) is 4.77. The van der Waals surface area contributed by atoms with E-state index in [2.05, 4.69) is 6.92 Å². The molecule has 3 heteroatoms. The molecule has 104 valence electrons. The summed E-state index contributed by atoms with van der Waals surface area (Å²) in [6, 6.07) is 4.62. The lowest BCUT2D eigenvalue weighted by molar-refractivity contribution is -0.0176. The average Bonchev–Trinajstić information content (AvgIpc) is 2.40. The molecule has 1 aliphatic heterocycles. The number of benzene rings is 1. The quantitative estimate of drug-likeness (QED) is 0.832. The Balaban J connectivity index is 1.89. The minimum Gasteiger partial charge on any atom is -0.487 e. The van der Waals surface area contributed by atoms with E-state index in [0.717, 1.165) is 36.5 Å². The van der Waals surface area contributed by atoms with E-state index in [1.165, 1.54) is 31.4 Å². The first-order valence-corrected chi connectivity index (χ1v) is 7.36. The standard InChI is InChI=1S/C16H22FNO/c1-2-11-4-3-7-16(9-11)10-14(18)13-8-12(17)5-6-15(13)19-16/h5-6,8,11,14H,2-4,7,9-10,18H2,1H3/t11?,14-,16?/m1/s1. The molecule has 1 aromatic rings. The van der Waals surface area contributed by atoms with Crippen LogP contribution in [0.1, 0.15) is 57.1 Å². The average molecular weight is 263 g/mol. The van der Waals surface area contributed by atoms with E-state index >= 15 is 0 Å². The maximum Gasteiger partial charge on any atom is 0.125 e. The molecule has 1 aromatic carbocycles. The van der Waals surface area contributed by atoms with Crippen molar-refractivity contribution in [2.45, 2.75) is 57.1 Å². The summed E-state index contributed by atoms with van der Waals surface area (Å²) in [6.45, 7) is 2.25. The highest BCUT2D eigenvalue weighted by Crippen LogP contribution is 2.47. The first kappa shape index (κ1) is 12.9. The Morgan fingerprint density at radius 1 is 1.42 bits per heavy atom. The Labute approximate surface area is 114 Å². The molecule has 1 heterocycles. The van der Waals surface area contributed by atoms with E-state index in [-0.39, 0.29) is 17.5 Å². The lowest BCUT2D eigenvalue weighted by Gasteiger charge is -2.46. The second kappa shape index (κ2) is 4.78. The summed E-state index contributed by atoms with van der Waals surface area (Å²) in [5.74, 6) is 1.30. The van der Waals surface area contributed by atoms with Crippen LogP contribution in [-0.2, 0) is 0 Å². The highest BCUT2D eigenvalue weighted by molar-refractivity contribution is 5.39. The molecule has 1 spiro atoms. The molecular weight excluding hydrogens is 241 g/mol. The molecule has 2 N–H and O–H groups in total. The van der Waals surface area contributed by atoms with Crippen molar-refractivity contribution in [2.24, 2.45) is 11.7 Å². The van der Waals surface area contributed by atoms with Gasteiger partial charge in [-0.2, -0.15) is 0 Å². The maximum absolute atomic E-state index is 13.3. The molecular formula is C16H22FNO. The number of hydrogen-bond donors (Lipinski definition) is 1. The van der Waals surface area contributed by atoms with Gasteiger partial charge in [0.1, 0.15) is 17.2 Å². The second-order valence-corrected chi connectivity index (χ2v) is 6.15. The predicted octanol–water partition coefficient (Wildman–Crippen LogP) is 3.95. The van der Waals surface area contributed by atoms with Crippen LogP contribution >= 0.6 is 0 Å². The van der Waals surface area contributed by atoms with Crippen LogP contribution in [0.2, 0.25) is 0 Å². The van der Waals surface area contributed by atoms with Crippen molar-refractivity contribution in [3.8, 4) is 5.75 Å². The Hall–Kier alpha value is -1.09. The maximum atomic E-state index is 13.3. The fourth-order valence-electron chi connectivity index (χ4n) is 3.76. The van der Waals surface area contributed by atoms with Crippen LogP contribution in [0.5, 0.6) is 5.75 Å². The lowest BCUT2D eigenvalue weighted by Crippen LogP contribution is -2.46. The number of nitrogens with two attached hydrogens (primary N) is 1. The summed E-state index contributed by atoms with van der Waals surface area (Å²) in [4.78, 5) is 0. The zero-order chi connectivity index (χ0) is 13.5. The molecule has 0 radical (unpaired) electrons. The van der Waals surface area contributed by atoms with Gasteiger partial charge in [-0.25, -0.2) is 4.39 Å². The van der Waals surface area contributed by atoms with Crippen molar-refractivity contribution in [1.29, 1.82) is 0 Å². The Morgan fingerprint density at radius 3 is 3.05 bits per heavy atom. The molecule has 3 rings (SSSR count). The van der Waals surface area contributed by atoms with Gasteiger partial charge in [0.2, 0.25) is 0 Å². The van der Waals surface area contributed by atoms with Crippen molar-refractivity contribution in [2.75, 3.05) is 0 Å². The lowest BCUT2D eigenvalue weighted by atomic mass is 9.72. The smallest absolute Gasteiger partial charge is 0.125 e. The summed E-state index contributed by atoms with van der Waals surface area (Å²) in [5.41, 5.74) is 6.98. The summed E-state index contributed by atoms with van der Waals surface area (Å²) < 4.78 is 19.6. The molecule has 2 unspecified atom stereocenters. The highest BCUT2D eigenvalue weighted by atomic mass is 19.1. The molecule has 1 saturated carbocycles. The van der Waals surface area contributed by atoms with Crippen molar-refractivity contribution in [3.05, 3.63) is 29.6 Å². The van der Waals surface area contributed by atoms with Gasteiger partial charge in [-0.05, 0) is 43.4 Å². The zero-order valence-electron chi connectivity index (χ0n) is 11.5. The summed E-state index contributed by atoms with van der Waals surface area (Å²) >= 11 is 0. The van der Waals surface area contributed by atoms with Crippen LogP contribution in [0.25, 0.3) is 0 Å². The predicted molar refractivity (Wildman–Crippen MR) is 73.6 cm³/mol. The van der Waals surface area contributed by atoms with Crippen LogP contribution in [0.3, 0.4) is 0 Å². The molecule has 0 amide bonds. The molecule has 0 aromatic heterocycles. The van der Waals surface area contributed by atoms with Crippen molar-refractivity contribution in [1.82, 2.24) is 0 Å². The molecule has 1 fully saturated rings. The van der Waals surface area contributed by atoms with Crippen molar-refractivity contribution in [3.63, 3.8) is 0 Å². The molecule has 0 bridgehead atoms. The Morgan fingerprint density at radius 2 is 2.26 bits per heavy atom. The highest BCUT2D eigenvalue weighted by Gasteiger charge is 2.43. The van der Waals surface area contributed by atoms with E-state index in [0.29, 0.717) is 0 Å². The van der Waals surface area contributed by atoms with Gasteiger partial charge in [-0.3, -0.25) is 0 Å². The zero-order valence-corrected chi connectivity index (χ0v) is 11.5. The van der Waals surface area contributed by atoms with Gasteiger partial charge >= 0.3 is 0 Å². The molecule has 1 aliphatic carbocycles. The largest absolute Gasteiger partial charge is 0.487 e. The van der Waals surface area contributed by atoms with Crippen LogP contribution < -0.4 is 10.5 Å². The number of hydrogen-bond acceptors (Lipinski definition) is 2. The van der Waals surface area contributed by atoms with Gasteiger partial charge in [-0.1, -0.05) is 19.8 Å². The molecule has 3 atom stereocenters. The molecule has 19 heavy (non-hydrogen) atoms. The summed E-state index contributed by atoms with van der Waals surface area (Å²) in [5, 5.41) is 0. The van der Waals surface area contributed by atoms with E-state index in [1.807, 2.05) is 0 Å². The van der Waals surface area contributed by atoms with Gasteiger partial charge in [0.05, 0.1) is 0 Å². The van der Waals surface area contributed by atoms with Gasteiger partial charge < -0.3 is 10.5 Å². The van der Waals surface area contributed by atoms with E-state index in [4.69, 9.17) is 10.5 Å². The first-order valence-electron chi connectivity index (χ1n) is 7.36. The van der Waals surface area contributed by atoms with Crippen LogP contribution in [0, 0.1) is 11.7 Å². The van der Waals surface area contributed by atoms with Crippen LogP contribution in [-0.4, -0.2) is 5.60 Å². The van der Waals surface area contributed by atoms with Crippen LogP contribution in [0.15, 0.2) is 18.2 Å². The van der Waals surface area contributed by atoms with Crippen molar-refractivity contribution < 1.29 is 9.13 Å². The first-order chi connectivity index (χ1) is 9.12.